The fraction of sp³-hybridized carbons (Fsp3) is 0.650. The number of ether oxygens (including phenoxy) is 1. The minimum absolute atomic E-state index is 0.130. The predicted octanol–water partition coefficient (Wildman–Crippen LogP) is 7.37. The maximum absolute atomic E-state index is 12.4. The van der Waals surface area contributed by atoms with Gasteiger partial charge in [0.2, 0.25) is 0 Å². The number of halogens is 4. The van der Waals surface area contributed by atoms with Gasteiger partial charge >= 0.3 is 34.1 Å². The van der Waals surface area contributed by atoms with Crippen LogP contribution in [0.5, 0.6) is 5.75 Å². The SMILES string of the molecule is [CH2-][P+](c1ccc(OC(F)(F)F)cc1)(C1CCCCC1)C1CCCCC1.[Cl][Pd+]. The van der Waals surface area contributed by atoms with Crippen LogP contribution in [0.25, 0.3) is 0 Å². The Kier molecular flexibility index (Phi) is 9.41. The van der Waals surface area contributed by atoms with Gasteiger partial charge in [0.15, 0.2) is 0 Å². The van der Waals surface area contributed by atoms with E-state index in [1.54, 1.807) is 0 Å². The first kappa shape index (κ1) is 23.5. The van der Waals surface area contributed by atoms with E-state index < -0.39 is 13.6 Å². The molecule has 27 heavy (non-hydrogen) atoms. The summed E-state index contributed by atoms with van der Waals surface area (Å²) >= 11 is 2.22. The van der Waals surface area contributed by atoms with Crippen LogP contribution in [0.3, 0.4) is 0 Å². The summed E-state index contributed by atoms with van der Waals surface area (Å²) in [5.74, 6) is -0.130. The van der Waals surface area contributed by atoms with Gasteiger partial charge in [-0.25, -0.2) is 0 Å². The summed E-state index contributed by atoms with van der Waals surface area (Å²) in [6.07, 6.45) is 7.97. The maximum atomic E-state index is 12.4. The van der Waals surface area contributed by atoms with E-state index in [1.165, 1.54) is 81.6 Å². The van der Waals surface area contributed by atoms with Crippen molar-refractivity contribution >= 4 is 22.1 Å². The van der Waals surface area contributed by atoms with E-state index in [9.17, 15) is 13.2 Å². The quantitative estimate of drug-likeness (QED) is 0.232. The molecule has 0 N–H and O–H groups in total. The zero-order valence-electron chi connectivity index (χ0n) is 15.4. The number of hydrogen-bond acceptors (Lipinski definition) is 1. The molecule has 3 rings (SSSR count). The van der Waals surface area contributed by atoms with Crippen molar-refractivity contribution in [2.75, 3.05) is 0 Å². The van der Waals surface area contributed by atoms with Gasteiger partial charge in [0.1, 0.15) is 5.75 Å². The van der Waals surface area contributed by atoms with Crippen LogP contribution < -0.4 is 10.0 Å². The van der Waals surface area contributed by atoms with E-state index in [-0.39, 0.29) is 5.75 Å². The standard InChI is InChI=1S/C20H28F3OP.ClH.Pd/c1-25(17-8-4-2-5-9-17,18-10-6-3-7-11-18)19-14-12-16(13-15-19)24-20(21,22)23;;/h12-15,17-18H,1-11H2;1H;/q;;+2/p-1. The molecule has 0 unspecified atom stereocenters. The van der Waals surface area contributed by atoms with E-state index >= 15 is 0 Å². The first-order chi connectivity index (χ1) is 12.9. The third kappa shape index (κ3) is 6.33. The molecular formula is C20H28ClF3OPPd+. The Bertz CT molecular complexity index is 537. The Morgan fingerprint density at radius 1 is 0.852 bits per heavy atom. The second-order valence-electron chi connectivity index (χ2n) is 7.56. The summed E-state index contributed by atoms with van der Waals surface area (Å²) in [6, 6.07) is 6.69. The summed E-state index contributed by atoms with van der Waals surface area (Å²) in [7, 11) is 2.86. The van der Waals surface area contributed by atoms with E-state index in [1.807, 2.05) is 12.1 Å². The molecule has 0 aliphatic heterocycles. The Balaban J connectivity index is 0.00000126. The van der Waals surface area contributed by atoms with Gasteiger partial charge in [-0.15, -0.1) is 13.2 Å². The van der Waals surface area contributed by atoms with Crippen molar-refractivity contribution in [2.24, 2.45) is 0 Å². The van der Waals surface area contributed by atoms with Crippen LogP contribution in [0.15, 0.2) is 24.3 Å². The van der Waals surface area contributed by atoms with Crippen LogP contribution in [0.4, 0.5) is 13.2 Å². The molecule has 0 aromatic heterocycles. The number of alkyl halides is 3. The van der Waals surface area contributed by atoms with Gasteiger partial charge in [-0.1, -0.05) is 20.1 Å². The van der Waals surface area contributed by atoms with Gasteiger partial charge < -0.3 is 4.74 Å². The summed E-state index contributed by atoms with van der Waals surface area (Å²) < 4.78 is 41.3. The molecule has 1 nitrogen and oxygen atoms in total. The number of hydrogen-bond donors (Lipinski definition) is 0. The van der Waals surface area contributed by atoms with E-state index in [2.05, 4.69) is 32.4 Å². The molecule has 2 fully saturated rings. The van der Waals surface area contributed by atoms with Crippen LogP contribution >= 0.6 is 16.8 Å². The molecule has 1 aromatic carbocycles. The van der Waals surface area contributed by atoms with E-state index in [4.69, 9.17) is 6.66 Å². The zero-order chi connectivity index (χ0) is 19.9. The van der Waals surface area contributed by atoms with E-state index in [0.29, 0.717) is 11.3 Å². The average Bonchev–Trinajstić information content (AvgIpc) is 2.70. The van der Waals surface area contributed by atoms with Crippen LogP contribution in [-0.4, -0.2) is 17.7 Å². The van der Waals surface area contributed by atoms with Crippen molar-refractivity contribution in [3.8, 4) is 5.75 Å². The zero-order valence-corrected chi connectivity index (χ0v) is 18.6. The first-order valence-electron chi connectivity index (χ1n) is 9.61. The van der Waals surface area contributed by atoms with Crippen LogP contribution in [0.2, 0.25) is 0 Å². The van der Waals surface area contributed by atoms with Crippen molar-refractivity contribution in [2.45, 2.75) is 81.9 Å². The number of benzene rings is 1. The Hall–Kier alpha value is 0.192. The van der Waals surface area contributed by atoms with Crippen molar-refractivity contribution in [3.05, 3.63) is 30.9 Å². The van der Waals surface area contributed by atoms with Crippen molar-refractivity contribution < 1.29 is 36.1 Å². The second-order valence-corrected chi connectivity index (χ2v) is 11.4. The monoisotopic (exact) mass is 513 g/mol. The third-order valence-corrected chi connectivity index (χ3v) is 10.9. The topological polar surface area (TPSA) is 9.23 Å². The van der Waals surface area contributed by atoms with E-state index in [0.717, 1.165) is 0 Å². The third-order valence-electron chi connectivity index (χ3n) is 6.00. The van der Waals surface area contributed by atoms with Gasteiger partial charge in [-0.2, -0.15) is 6.66 Å². The van der Waals surface area contributed by atoms with Gasteiger partial charge in [0.25, 0.3) is 0 Å². The average molecular weight is 514 g/mol. The van der Waals surface area contributed by atoms with Crippen molar-refractivity contribution in [1.29, 1.82) is 0 Å². The van der Waals surface area contributed by atoms with Gasteiger partial charge in [0, 0.05) is 11.3 Å². The number of rotatable bonds is 4. The molecule has 156 valence electrons. The van der Waals surface area contributed by atoms with Gasteiger partial charge in [-0.05, 0) is 75.6 Å². The molecule has 2 aliphatic rings. The first-order valence-corrected chi connectivity index (χ1v) is 13.7. The predicted molar refractivity (Wildman–Crippen MR) is 105 cm³/mol. The molecule has 7 heteroatoms. The molecule has 2 aliphatic carbocycles. The second kappa shape index (κ2) is 10.8. The fourth-order valence-corrected chi connectivity index (χ4v) is 9.45. The van der Waals surface area contributed by atoms with Crippen LogP contribution in [-0.2, 0) is 18.2 Å². The molecule has 0 amide bonds. The summed E-state index contributed by atoms with van der Waals surface area (Å²) in [5.41, 5.74) is 1.28. The Morgan fingerprint density at radius 2 is 1.26 bits per heavy atom. The van der Waals surface area contributed by atoms with Crippen molar-refractivity contribution in [1.82, 2.24) is 0 Å². The molecule has 0 atom stereocenters. The molecule has 0 spiro atoms. The Morgan fingerprint density at radius 3 is 1.63 bits per heavy atom. The molecule has 0 heterocycles. The van der Waals surface area contributed by atoms with Crippen LogP contribution in [0.1, 0.15) is 64.2 Å². The van der Waals surface area contributed by atoms with Gasteiger partial charge in [-0.3, -0.25) is 0 Å². The minimum atomic E-state index is -4.63. The van der Waals surface area contributed by atoms with Crippen molar-refractivity contribution in [3.63, 3.8) is 0 Å². The molecule has 2 saturated carbocycles. The summed E-state index contributed by atoms with van der Waals surface area (Å²) in [6.45, 7) is 4.84. The Labute approximate surface area is 176 Å². The summed E-state index contributed by atoms with van der Waals surface area (Å²) in [4.78, 5) is 0. The van der Waals surface area contributed by atoms with Gasteiger partial charge in [0.05, 0.1) is 5.30 Å². The normalized spacial score (nSPS) is 20.0. The summed E-state index contributed by atoms with van der Waals surface area (Å²) in [5, 5.41) is 1.20. The fourth-order valence-electron chi connectivity index (χ4n) is 4.73. The molecule has 0 bridgehead atoms. The molecule has 0 saturated heterocycles. The molecule has 0 radical (unpaired) electrons. The molecular weight excluding hydrogens is 486 g/mol. The van der Waals surface area contributed by atoms with Crippen LogP contribution in [0, 0.1) is 6.66 Å². The molecule has 1 aromatic rings.